The van der Waals surface area contributed by atoms with Crippen molar-refractivity contribution in [1.29, 1.82) is 0 Å². The molecule has 0 aromatic heterocycles. The molecule has 0 unspecified atom stereocenters. The first-order valence-corrected chi connectivity index (χ1v) is 5.44. The highest BCUT2D eigenvalue weighted by molar-refractivity contribution is 5.70. The van der Waals surface area contributed by atoms with Crippen LogP contribution in [-0.4, -0.2) is 29.3 Å². The van der Waals surface area contributed by atoms with Crippen molar-refractivity contribution >= 4 is 11.7 Å². The first kappa shape index (κ1) is 10.8. The fourth-order valence-corrected chi connectivity index (χ4v) is 2.10. The summed E-state index contributed by atoms with van der Waals surface area (Å²) < 4.78 is 0. The lowest BCUT2D eigenvalue weighted by Crippen LogP contribution is -2.36. The minimum Gasteiger partial charge on any atom is -0.506 e. The van der Waals surface area contributed by atoms with Gasteiger partial charge < -0.3 is 15.1 Å². The van der Waals surface area contributed by atoms with Crippen LogP contribution in [0.15, 0.2) is 24.3 Å². The molecule has 0 bridgehead atoms. The molecule has 4 nitrogen and oxygen atoms in total. The number of carbonyl (C=O) groups is 1. The number of rotatable bonds is 2. The van der Waals surface area contributed by atoms with Gasteiger partial charge >= 0.3 is 5.97 Å². The van der Waals surface area contributed by atoms with Gasteiger partial charge in [0.05, 0.1) is 11.6 Å². The summed E-state index contributed by atoms with van der Waals surface area (Å²) in [6, 6.07) is 7.16. The van der Waals surface area contributed by atoms with Crippen molar-refractivity contribution in [1.82, 2.24) is 0 Å². The number of aliphatic carboxylic acids is 1. The molecule has 1 aromatic carbocycles. The minimum atomic E-state index is -0.711. The molecule has 0 radical (unpaired) electrons. The van der Waals surface area contributed by atoms with Gasteiger partial charge in [0.1, 0.15) is 5.75 Å². The zero-order valence-corrected chi connectivity index (χ0v) is 8.97. The van der Waals surface area contributed by atoms with E-state index in [2.05, 4.69) is 0 Å². The van der Waals surface area contributed by atoms with Gasteiger partial charge in [-0.05, 0) is 25.0 Å². The summed E-state index contributed by atoms with van der Waals surface area (Å²) in [4.78, 5) is 12.8. The number of benzene rings is 1. The van der Waals surface area contributed by atoms with E-state index in [1.54, 1.807) is 12.1 Å². The average Bonchev–Trinajstić information content (AvgIpc) is 2.30. The number of nitrogens with zero attached hydrogens (tertiary/aromatic N) is 1. The topological polar surface area (TPSA) is 60.8 Å². The highest BCUT2D eigenvalue weighted by atomic mass is 16.4. The summed E-state index contributed by atoms with van der Waals surface area (Å²) >= 11 is 0. The van der Waals surface area contributed by atoms with E-state index in [-0.39, 0.29) is 11.7 Å². The molecule has 1 aromatic rings. The number of hydrogen-bond acceptors (Lipinski definition) is 3. The molecular formula is C12H15NO3. The number of aromatic hydroxyl groups is 1. The maximum atomic E-state index is 10.8. The third-order valence-electron chi connectivity index (χ3n) is 3.07. The Kier molecular flexibility index (Phi) is 2.99. The van der Waals surface area contributed by atoms with Crippen molar-refractivity contribution in [3.63, 3.8) is 0 Å². The second kappa shape index (κ2) is 4.43. The summed E-state index contributed by atoms with van der Waals surface area (Å²) in [5.74, 6) is -0.685. The lowest BCUT2D eigenvalue weighted by atomic mass is 9.97. The van der Waals surface area contributed by atoms with Crippen molar-refractivity contribution < 1.29 is 15.0 Å². The molecule has 1 heterocycles. The van der Waals surface area contributed by atoms with Crippen molar-refractivity contribution in [2.75, 3.05) is 18.0 Å². The number of para-hydroxylation sites is 2. The second-order valence-corrected chi connectivity index (χ2v) is 4.09. The van der Waals surface area contributed by atoms with Gasteiger partial charge in [-0.3, -0.25) is 4.79 Å². The Bertz CT molecular complexity index is 384. The van der Waals surface area contributed by atoms with Crippen molar-refractivity contribution in [2.24, 2.45) is 5.92 Å². The van der Waals surface area contributed by atoms with E-state index in [9.17, 15) is 9.90 Å². The van der Waals surface area contributed by atoms with Crippen LogP contribution in [0.1, 0.15) is 12.8 Å². The van der Waals surface area contributed by atoms with Crippen LogP contribution in [0.2, 0.25) is 0 Å². The number of carboxylic acids is 1. The molecule has 0 aliphatic carbocycles. The first-order chi connectivity index (χ1) is 7.68. The fourth-order valence-electron chi connectivity index (χ4n) is 2.10. The Morgan fingerprint density at radius 1 is 1.25 bits per heavy atom. The Morgan fingerprint density at radius 2 is 1.88 bits per heavy atom. The van der Waals surface area contributed by atoms with E-state index >= 15 is 0 Å². The summed E-state index contributed by atoms with van der Waals surface area (Å²) in [5.41, 5.74) is 0.798. The van der Waals surface area contributed by atoms with Crippen molar-refractivity contribution in [3.8, 4) is 5.75 Å². The van der Waals surface area contributed by atoms with Gasteiger partial charge in [0, 0.05) is 13.1 Å². The fraction of sp³-hybridized carbons (Fsp3) is 0.417. The molecule has 16 heavy (non-hydrogen) atoms. The molecule has 0 saturated carbocycles. The predicted octanol–water partition coefficient (Wildman–Crippen LogP) is 1.69. The lowest BCUT2D eigenvalue weighted by molar-refractivity contribution is -0.142. The Morgan fingerprint density at radius 3 is 2.44 bits per heavy atom. The Hall–Kier alpha value is -1.71. The first-order valence-electron chi connectivity index (χ1n) is 5.44. The quantitative estimate of drug-likeness (QED) is 0.797. The molecule has 0 atom stereocenters. The number of carboxylic acid groups (broad SMARTS) is 1. The van der Waals surface area contributed by atoms with E-state index < -0.39 is 5.97 Å². The van der Waals surface area contributed by atoms with Gasteiger partial charge in [-0.2, -0.15) is 0 Å². The zero-order chi connectivity index (χ0) is 11.5. The molecule has 1 saturated heterocycles. The normalized spacial score (nSPS) is 17.4. The van der Waals surface area contributed by atoms with Crippen molar-refractivity contribution in [3.05, 3.63) is 24.3 Å². The highest BCUT2D eigenvalue weighted by Crippen LogP contribution is 2.30. The van der Waals surface area contributed by atoms with Gasteiger partial charge in [0.25, 0.3) is 0 Å². The molecule has 4 heteroatoms. The molecule has 0 spiro atoms. The van der Waals surface area contributed by atoms with Crippen LogP contribution in [0.5, 0.6) is 5.75 Å². The highest BCUT2D eigenvalue weighted by Gasteiger charge is 2.25. The van der Waals surface area contributed by atoms with Crippen LogP contribution in [0.25, 0.3) is 0 Å². The summed E-state index contributed by atoms with van der Waals surface area (Å²) in [6.07, 6.45) is 1.29. The van der Waals surface area contributed by atoms with E-state index in [0.29, 0.717) is 25.9 Å². The molecule has 1 aliphatic heterocycles. The molecule has 2 N–H and O–H groups in total. The predicted molar refractivity (Wildman–Crippen MR) is 60.7 cm³/mol. The molecule has 86 valence electrons. The average molecular weight is 221 g/mol. The molecule has 1 aliphatic rings. The third kappa shape index (κ3) is 2.10. The zero-order valence-electron chi connectivity index (χ0n) is 8.97. The SMILES string of the molecule is O=C(O)C1CCN(c2ccccc2O)CC1. The van der Waals surface area contributed by atoms with Crippen molar-refractivity contribution in [2.45, 2.75) is 12.8 Å². The van der Waals surface area contributed by atoms with Gasteiger partial charge in [-0.1, -0.05) is 12.1 Å². The monoisotopic (exact) mass is 221 g/mol. The summed E-state index contributed by atoms with van der Waals surface area (Å²) in [6.45, 7) is 1.38. The van der Waals surface area contributed by atoms with E-state index in [4.69, 9.17) is 5.11 Å². The Labute approximate surface area is 94.1 Å². The van der Waals surface area contributed by atoms with Gasteiger partial charge in [0.15, 0.2) is 0 Å². The lowest BCUT2D eigenvalue weighted by Gasteiger charge is -2.32. The molecule has 0 amide bonds. The minimum absolute atomic E-state index is 0.234. The van der Waals surface area contributed by atoms with Gasteiger partial charge in [0.2, 0.25) is 0 Å². The standard InChI is InChI=1S/C12H15NO3/c14-11-4-2-1-3-10(11)13-7-5-9(6-8-13)12(15)16/h1-4,9,14H,5-8H2,(H,15,16). The van der Waals surface area contributed by atoms with Crippen LogP contribution in [0.4, 0.5) is 5.69 Å². The second-order valence-electron chi connectivity index (χ2n) is 4.09. The number of phenols is 1. The maximum absolute atomic E-state index is 10.8. The number of hydrogen-bond donors (Lipinski definition) is 2. The smallest absolute Gasteiger partial charge is 0.306 e. The number of phenolic OH excluding ortho intramolecular Hbond substituents is 1. The van der Waals surface area contributed by atoms with Crippen LogP contribution >= 0.6 is 0 Å². The number of piperidine rings is 1. The van der Waals surface area contributed by atoms with Crippen LogP contribution in [-0.2, 0) is 4.79 Å². The van der Waals surface area contributed by atoms with Gasteiger partial charge in [-0.15, -0.1) is 0 Å². The number of anilines is 1. The third-order valence-corrected chi connectivity index (χ3v) is 3.07. The Balaban J connectivity index is 2.05. The molecule has 2 rings (SSSR count). The summed E-state index contributed by atoms with van der Waals surface area (Å²) in [5, 5.41) is 18.6. The maximum Gasteiger partial charge on any atom is 0.306 e. The summed E-state index contributed by atoms with van der Waals surface area (Å²) in [7, 11) is 0. The van der Waals surface area contributed by atoms with Crippen LogP contribution in [0, 0.1) is 5.92 Å². The van der Waals surface area contributed by atoms with Gasteiger partial charge in [-0.25, -0.2) is 0 Å². The van der Waals surface area contributed by atoms with Crippen LogP contribution in [0.3, 0.4) is 0 Å². The molecular weight excluding hydrogens is 206 g/mol. The molecule has 1 fully saturated rings. The van der Waals surface area contributed by atoms with E-state index in [1.165, 1.54) is 0 Å². The van der Waals surface area contributed by atoms with E-state index in [0.717, 1.165) is 5.69 Å². The van der Waals surface area contributed by atoms with E-state index in [1.807, 2.05) is 17.0 Å². The largest absolute Gasteiger partial charge is 0.506 e. The van der Waals surface area contributed by atoms with Crippen LogP contribution < -0.4 is 4.90 Å².